The lowest BCUT2D eigenvalue weighted by Crippen LogP contribution is -2.22. The summed E-state index contributed by atoms with van der Waals surface area (Å²) >= 11 is 0.928. The number of rotatable bonds is 6. The Morgan fingerprint density at radius 1 is 1.19 bits per heavy atom. The van der Waals surface area contributed by atoms with E-state index in [0.29, 0.717) is 0 Å². The van der Waals surface area contributed by atoms with Crippen LogP contribution < -0.4 is 16.2 Å². The van der Waals surface area contributed by atoms with Crippen molar-refractivity contribution in [1.29, 1.82) is 0 Å². The summed E-state index contributed by atoms with van der Waals surface area (Å²) in [6, 6.07) is 5.21. The van der Waals surface area contributed by atoms with Gasteiger partial charge in [-0.3, -0.25) is 14.4 Å². The molecule has 2 aromatic rings. The van der Waals surface area contributed by atoms with Gasteiger partial charge in [-0.15, -0.1) is 0 Å². The first-order valence-corrected chi connectivity index (χ1v) is 8.56. The smallest absolute Gasteiger partial charge is 0.359 e. The molecule has 11 heteroatoms. The molecule has 0 unspecified atom stereocenters. The Morgan fingerprint density at radius 3 is 2.44 bits per heavy atom. The Bertz CT molecular complexity index is 882. The normalized spacial score (nSPS) is 11.1. The molecule has 1 aromatic heterocycles. The molecule has 0 aliphatic carbocycles. The molecule has 144 valence electrons. The summed E-state index contributed by atoms with van der Waals surface area (Å²) in [5, 5.41) is 5.02. The summed E-state index contributed by atoms with van der Waals surface area (Å²) in [5.74, 6) is -0.934. The molecule has 0 spiro atoms. The van der Waals surface area contributed by atoms with E-state index < -0.39 is 23.2 Å². The molecule has 1 aromatic carbocycles. The number of likely N-dealkylation sites (N-methyl/N-ethyl adjacent to an activating group) is 1. The molecule has 0 saturated carbocycles. The van der Waals surface area contributed by atoms with Crippen LogP contribution in [-0.2, 0) is 22.2 Å². The summed E-state index contributed by atoms with van der Waals surface area (Å²) in [6.07, 6.45) is -4.53. The van der Waals surface area contributed by atoms with Crippen LogP contribution in [0.5, 0.6) is 0 Å². The topological polar surface area (TPSA) is 104 Å². The Balaban J connectivity index is 1.95. The van der Waals surface area contributed by atoms with Gasteiger partial charge >= 0.3 is 6.18 Å². The molecule has 1 heterocycles. The zero-order valence-corrected chi connectivity index (χ0v) is 14.8. The zero-order valence-electron chi connectivity index (χ0n) is 14.0. The minimum absolute atomic E-state index is 0.0776. The van der Waals surface area contributed by atoms with E-state index in [1.54, 1.807) is 0 Å². The molecule has 0 fully saturated rings. The molecule has 0 saturated heterocycles. The Morgan fingerprint density at radius 2 is 1.85 bits per heavy atom. The van der Waals surface area contributed by atoms with Crippen molar-refractivity contribution >= 4 is 29.3 Å². The van der Waals surface area contributed by atoms with E-state index in [4.69, 9.17) is 0 Å². The number of hydrogen-bond donors (Lipinski definition) is 3. The maximum atomic E-state index is 12.5. The average molecular weight is 400 g/mol. The molecule has 0 aliphatic rings. The van der Waals surface area contributed by atoms with Crippen LogP contribution in [0.3, 0.4) is 0 Å². The number of carbonyl (C=O) groups excluding carboxylic acids is 2. The Labute approximate surface area is 155 Å². The third-order valence-corrected chi connectivity index (χ3v) is 4.10. The molecule has 2 rings (SSSR count). The van der Waals surface area contributed by atoms with Gasteiger partial charge in [0.1, 0.15) is 0 Å². The summed E-state index contributed by atoms with van der Waals surface area (Å²) in [7, 11) is 1.46. The number of benzene rings is 1. The van der Waals surface area contributed by atoms with Crippen LogP contribution in [0.15, 0.2) is 40.3 Å². The van der Waals surface area contributed by atoms with E-state index in [1.165, 1.54) is 13.1 Å². The highest BCUT2D eigenvalue weighted by Crippen LogP contribution is 2.29. The summed E-state index contributed by atoms with van der Waals surface area (Å²) in [5.41, 5.74) is -0.814. The highest BCUT2D eigenvalue weighted by Gasteiger charge is 2.29. The van der Waals surface area contributed by atoms with Crippen molar-refractivity contribution in [1.82, 2.24) is 15.3 Å². The fourth-order valence-electron chi connectivity index (χ4n) is 1.97. The van der Waals surface area contributed by atoms with Crippen LogP contribution in [0.2, 0.25) is 0 Å². The molecular formula is C16H15F3N4O3S. The number of thioether (sulfide) groups is 1. The first-order valence-electron chi connectivity index (χ1n) is 7.58. The number of alkyl halides is 3. The number of H-pyrrole nitrogens is 1. The fraction of sp³-hybridized carbons (Fsp3) is 0.250. The van der Waals surface area contributed by atoms with Gasteiger partial charge in [-0.05, 0) is 24.3 Å². The first-order chi connectivity index (χ1) is 12.7. The monoisotopic (exact) mass is 400 g/mol. The fourth-order valence-corrected chi connectivity index (χ4v) is 2.66. The highest BCUT2D eigenvalue weighted by atomic mass is 32.2. The molecule has 27 heavy (non-hydrogen) atoms. The molecular weight excluding hydrogens is 385 g/mol. The van der Waals surface area contributed by atoms with Crippen LogP contribution in [-0.4, -0.2) is 34.6 Å². The van der Waals surface area contributed by atoms with Crippen LogP contribution in [0.4, 0.5) is 18.9 Å². The summed E-state index contributed by atoms with van der Waals surface area (Å²) < 4.78 is 37.5. The quantitative estimate of drug-likeness (QED) is 0.507. The number of carbonyl (C=O) groups is 2. The second-order valence-corrected chi connectivity index (χ2v) is 6.27. The maximum absolute atomic E-state index is 12.5. The van der Waals surface area contributed by atoms with Crippen molar-refractivity contribution in [3.63, 3.8) is 0 Å². The molecule has 0 atom stereocenters. The van der Waals surface area contributed by atoms with Gasteiger partial charge in [0.05, 0.1) is 23.4 Å². The van der Waals surface area contributed by atoms with Crippen LogP contribution in [0.25, 0.3) is 0 Å². The summed E-state index contributed by atoms with van der Waals surface area (Å²) in [4.78, 5) is 41.4. The van der Waals surface area contributed by atoms with E-state index in [-0.39, 0.29) is 34.6 Å². The van der Waals surface area contributed by atoms with Crippen molar-refractivity contribution < 1.29 is 22.8 Å². The lowest BCUT2D eigenvalue weighted by molar-refractivity contribution is -0.137. The van der Waals surface area contributed by atoms with E-state index in [2.05, 4.69) is 20.6 Å². The molecule has 7 nitrogen and oxygen atoms in total. The highest BCUT2D eigenvalue weighted by molar-refractivity contribution is 7.99. The number of nitrogens with zero attached hydrogens (tertiary/aromatic N) is 1. The number of amides is 2. The van der Waals surface area contributed by atoms with E-state index in [0.717, 1.165) is 36.0 Å². The SMILES string of the molecule is CNC(=O)Cc1cc(=O)[nH]c(SCC(=O)Nc2ccc(C(F)(F)F)cc2)n1. The van der Waals surface area contributed by atoms with Gasteiger partial charge in [0.15, 0.2) is 5.16 Å². The van der Waals surface area contributed by atoms with Gasteiger partial charge in [0.25, 0.3) is 5.56 Å². The minimum Gasteiger partial charge on any atom is -0.359 e. The van der Waals surface area contributed by atoms with Crippen LogP contribution >= 0.6 is 11.8 Å². The van der Waals surface area contributed by atoms with Gasteiger partial charge in [-0.25, -0.2) is 4.98 Å². The molecule has 0 aliphatic heterocycles. The predicted octanol–water partition coefficient (Wildman–Crippen LogP) is 1.81. The van der Waals surface area contributed by atoms with Gasteiger partial charge in [0, 0.05) is 18.8 Å². The number of aromatic nitrogens is 2. The van der Waals surface area contributed by atoms with Gasteiger partial charge in [-0.1, -0.05) is 11.8 Å². The Kier molecular flexibility index (Phi) is 6.61. The summed E-state index contributed by atoms with van der Waals surface area (Å²) in [6.45, 7) is 0. The number of anilines is 1. The molecule has 0 bridgehead atoms. The second kappa shape index (κ2) is 8.71. The van der Waals surface area contributed by atoms with Crippen molar-refractivity contribution in [3.05, 3.63) is 51.9 Å². The molecule has 0 radical (unpaired) electrons. The molecule has 2 amide bonds. The largest absolute Gasteiger partial charge is 0.416 e. The van der Waals surface area contributed by atoms with Gasteiger partial charge < -0.3 is 15.6 Å². The number of nitrogens with one attached hydrogen (secondary N) is 3. The van der Waals surface area contributed by atoms with Crippen molar-refractivity contribution in [2.45, 2.75) is 17.8 Å². The van der Waals surface area contributed by atoms with Crippen LogP contribution in [0, 0.1) is 0 Å². The third kappa shape index (κ3) is 6.44. The van der Waals surface area contributed by atoms with Crippen molar-refractivity contribution in [3.8, 4) is 0 Å². The maximum Gasteiger partial charge on any atom is 0.416 e. The first kappa shape index (κ1) is 20.5. The average Bonchev–Trinajstić information content (AvgIpc) is 2.59. The van der Waals surface area contributed by atoms with Gasteiger partial charge in [-0.2, -0.15) is 13.2 Å². The van der Waals surface area contributed by atoms with E-state index >= 15 is 0 Å². The zero-order chi connectivity index (χ0) is 20.0. The number of halogens is 3. The van der Waals surface area contributed by atoms with E-state index in [9.17, 15) is 27.6 Å². The minimum atomic E-state index is -4.45. The van der Waals surface area contributed by atoms with Crippen LogP contribution in [0.1, 0.15) is 11.3 Å². The predicted molar refractivity (Wildman–Crippen MR) is 93.4 cm³/mol. The van der Waals surface area contributed by atoms with Crippen molar-refractivity contribution in [2.75, 3.05) is 18.1 Å². The Hall–Kier alpha value is -2.82. The van der Waals surface area contributed by atoms with Crippen molar-refractivity contribution in [2.24, 2.45) is 0 Å². The standard InChI is InChI=1S/C16H15F3N4O3S/c1-20-12(24)6-11-7-13(25)23-15(22-11)27-8-14(26)21-10-4-2-9(3-5-10)16(17,18)19/h2-5,7H,6,8H2,1H3,(H,20,24)(H,21,26)(H,22,23,25). The third-order valence-electron chi connectivity index (χ3n) is 3.23. The number of aromatic amines is 1. The lowest BCUT2D eigenvalue weighted by atomic mass is 10.2. The van der Waals surface area contributed by atoms with E-state index in [1.807, 2.05) is 0 Å². The van der Waals surface area contributed by atoms with Gasteiger partial charge in [0.2, 0.25) is 11.8 Å². The second-order valence-electron chi connectivity index (χ2n) is 5.30. The molecule has 3 N–H and O–H groups in total. The number of hydrogen-bond acceptors (Lipinski definition) is 5. The lowest BCUT2D eigenvalue weighted by Gasteiger charge is -2.09.